The number of nitrogens with zero attached hydrogens (tertiary/aromatic N) is 4. The van der Waals surface area contributed by atoms with Crippen LogP contribution in [0.15, 0.2) is 36.5 Å². The Bertz CT molecular complexity index is 621. The minimum absolute atomic E-state index is 0.0352. The second kappa shape index (κ2) is 6.62. The normalized spacial score (nSPS) is 16.4. The van der Waals surface area contributed by atoms with Gasteiger partial charge in [-0.2, -0.15) is 0 Å². The van der Waals surface area contributed by atoms with Gasteiger partial charge in [-0.1, -0.05) is 6.07 Å². The third-order valence-electron chi connectivity index (χ3n) is 3.93. The Kier molecular flexibility index (Phi) is 4.39. The van der Waals surface area contributed by atoms with E-state index < -0.39 is 0 Å². The molecule has 3 heterocycles. The van der Waals surface area contributed by atoms with Crippen LogP contribution in [0, 0.1) is 5.92 Å². The lowest BCUT2D eigenvalue weighted by atomic mass is 9.96. The number of hydrogen-bond donors (Lipinski definition) is 1. The van der Waals surface area contributed by atoms with Crippen molar-refractivity contribution in [3.63, 3.8) is 0 Å². The summed E-state index contributed by atoms with van der Waals surface area (Å²) in [6, 6.07) is 9.22. The quantitative estimate of drug-likeness (QED) is 0.935. The Morgan fingerprint density at radius 2 is 1.95 bits per heavy atom. The molecule has 1 aliphatic heterocycles. The Morgan fingerprint density at radius 3 is 2.59 bits per heavy atom. The number of piperidine rings is 1. The van der Waals surface area contributed by atoms with Gasteiger partial charge in [0.15, 0.2) is 5.82 Å². The third-order valence-corrected chi connectivity index (χ3v) is 3.93. The maximum Gasteiger partial charge on any atom is 0.228 e. The lowest BCUT2D eigenvalue weighted by Gasteiger charge is -2.27. The average molecular weight is 297 g/mol. The summed E-state index contributed by atoms with van der Waals surface area (Å²) in [4.78, 5) is 18.7. The molecule has 6 nitrogen and oxygen atoms in total. The third kappa shape index (κ3) is 3.46. The molecule has 0 aromatic carbocycles. The van der Waals surface area contributed by atoms with E-state index in [1.54, 1.807) is 12.3 Å². The fraction of sp³-hybridized carbons (Fsp3) is 0.375. The fourth-order valence-corrected chi connectivity index (χ4v) is 2.55. The van der Waals surface area contributed by atoms with E-state index in [1.807, 2.05) is 24.3 Å². The number of rotatable bonds is 3. The summed E-state index contributed by atoms with van der Waals surface area (Å²) in [6.07, 6.45) is 3.50. The standard InChI is InChI=1S/C16H19N5O/c1-21-10-7-12(8-11-21)16(22)18-15-6-5-14(19-20-15)13-4-2-3-9-17-13/h2-6,9,12H,7-8,10-11H2,1H3,(H,18,20,22). The van der Waals surface area contributed by atoms with Crippen LogP contribution in [0.3, 0.4) is 0 Å². The first kappa shape index (κ1) is 14.6. The van der Waals surface area contributed by atoms with Gasteiger partial charge in [0, 0.05) is 12.1 Å². The van der Waals surface area contributed by atoms with Crippen LogP contribution in [-0.4, -0.2) is 46.1 Å². The van der Waals surface area contributed by atoms with E-state index >= 15 is 0 Å². The lowest BCUT2D eigenvalue weighted by Crippen LogP contribution is -2.36. The minimum Gasteiger partial charge on any atom is -0.309 e. The smallest absolute Gasteiger partial charge is 0.228 e. The van der Waals surface area contributed by atoms with Crippen molar-refractivity contribution in [2.75, 3.05) is 25.5 Å². The summed E-state index contributed by atoms with van der Waals surface area (Å²) < 4.78 is 0. The molecule has 0 bridgehead atoms. The zero-order valence-electron chi connectivity index (χ0n) is 12.6. The van der Waals surface area contributed by atoms with Crippen LogP contribution in [-0.2, 0) is 4.79 Å². The molecule has 0 aliphatic carbocycles. The zero-order valence-corrected chi connectivity index (χ0v) is 12.6. The fourth-order valence-electron chi connectivity index (χ4n) is 2.55. The Hall–Kier alpha value is -2.34. The van der Waals surface area contributed by atoms with Crippen LogP contribution in [0.25, 0.3) is 11.4 Å². The first-order valence-corrected chi connectivity index (χ1v) is 7.47. The molecule has 0 atom stereocenters. The van der Waals surface area contributed by atoms with Crippen molar-refractivity contribution in [1.29, 1.82) is 0 Å². The highest BCUT2D eigenvalue weighted by molar-refractivity contribution is 5.91. The van der Waals surface area contributed by atoms with Crippen LogP contribution >= 0.6 is 0 Å². The number of pyridine rings is 1. The van der Waals surface area contributed by atoms with Gasteiger partial charge >= 0.3 is 0 Å². The molecular formula is C16H19N5O. The van der Waals surface area contributed by atoms with E-state index in [0.29, 0.717) is 11.5 Å². The summed E-state index contributed by atoms with van der Waals surface area (Å²) in [5.41, 5.74) is 1.46. The summed E-state index contributed by atoms with van der Waals surface area (Å²) in [6.45, 7) is 1.92. The molecule has 1 aliphatic rings. The van der Waals surface area contributed by atoms with Crippen molar-refractivity contribution in [2.24, 2.45) is 5.92 Å². The van der Waals surface area contributed by atoms with Crippen LogP contribution < -0.4 is 5.32 Å². The topological polar surface area (TPSA) is 71.0 Å². The van der Waals surface area contributed by atoms with E-state index in [2.05, 4.69) is 32.4 Å². The second-order valence-electron chi connectivity index (χ2n) is 5.59. The molecule has 1 fully saturated rings. The molecule has 114 valence electrons. The predicted octanol–water partition coefficient (Wildman–Crippen LogP) is 1.82. The van der Waals surface area contributed by atoms with Crippen molar-refractivity contribution in [1.82, 2.24) is 20.1 Å². The maximum absolute atomic E-state index is 12.2. The summed E-state index contributed by atoms with van der Waals surface area (Å²) in [5, 5.41) is 11.0. The number of likely N-dealkylation sites (tertiary alicyclic amines) is 1. The predicted molar refractivity (Wildman–Crippen MR) is 84.1 cm³/mol. The Labute approximate surface area is 129 Å². The van der Waals surface area contributed by atoms with E-state index in [0.717, 1.165) is 31.6 Å². The maximum atomic E-state index is 12.2. The Morgan fingerprint density at radius 1 is 1.14 bits per heavy atom. The van der Waals surface area contributed by atoms with Crippen LogP contribution in [0.4, 0.5) is 5.82 Å². The van der Waals surface area contributed by atoms with Crippen molar-refractivity contribution in [2.45, 2.75) is 12.8 Å². The number of carbonyl (C=O) groups excluding carboxylic acids is 1. The van der Waals surface area contributed by atoms with Crippen molar-refractivity contribution < 1.29 is 4.79 Å². The van der Waals surface area contributed by atoms with Gasteiger partial charge in [-0.3, -0.25) is 9.78 Å². The monoisotopic (exact) mass is 297 g/mol. The highest BCUT2D eigenvalue weighted by Gasteiger charge is 2.23. The summed E-state index contributed by atoms with van der Waals surface area (Å²) in [7, 11) is 2.08. The zero-order chi connectivity index (χ0) is 15.4. The molecule has 0 spiro atoms. The van der Waals surface area contributed by atoms with Crippen molar-refractivity contribution >= 4 is 11.7 Å². The average Bonchev–Trinajstić information content (AvgIpc) is 2.57. The number of carbonyl (C=O) groups is 1. The number of hydrogen-bond acceptors (Lipinski definition) is 5. The minimum atomic E-state index is 0.0352. The molecule has 2 aromatic rings. The second-order valence-corrected chi connectivity index (χ2v) is 5.59. The molecular weight excluding hydrogens is 278 g/mol. The molecule has 3 rings (SSSR count). The van der Waals surface area contributed by atoms with Gasteiger partial charge in [0.05, 0.1) is 5.69 Å². The Balaban J connectivity index is 1.62. The molecule has 0 unspecified atom stereocenters. The summed E-state index contributed by atoms with van der Waals surface area (Å²) >= 11 is 0. The number of aromatic nitrogens is 3. The highest BCUT2D eigenvalue weighted by atomic mass is 16.2. The van der Waals surface area contributed by atoms with Gasteiger partial charge in [-0.05, 0) is 57.2 Å². The molecule has 2 aromatic heterocycles. The number of anilines is 1. The molecule has 0 saturated carbocycles. The molecule has 1 saturated heterocycles. The van der Waals surface area contributed by atoms with E-state index in [4.69, 9.17) is 0 Å². The van der Waals surface area contributed by atoms with E-state index in [9.17, 15) is 4.79 Å². The SMILES string of the molecule is CN1CCC(C(=O)Nc2ccc(-c3ccccn3)nn2)CC1. The molecule has 22 heavy (non-hydrogen) atoms. The van der Waals surface area contributed by atoms with Gasteiger partial charge in [0.2, 0.25) is 5.91 Å². The van der Waals surface area contributed by atoms with Gasteiger partial charge < -0.3 is 10.2 Å². The van der Waals surface area contributed by atoms with E-state index in [1.165, 1.54) is 0 Å². The van der Waals surface area contributed by atoms with Gasteiger partial charge in [0.25, 0.3) is 0 Å². The molecule has 6 heteroatoms. The number of nitrogens with one attached hydrogen (secondary N) is 1. The highest BCUT2D eigenvalue weighted by Crippen LogP contribution is 2.18. The molecule has 1 amide bonds. The number of amides is 1. The van der Waals surface area contributed by atoms with Crippen LogP contribution in [0.1, 0.15) is 12.8 Å². The lowest BCUT2D eigenvalue weighted by molar-refractivity contribution is -0.121. The van der Waals surface area contributed by atoms with E-state index in [-0.39, 0.29) is 11.8 Å². The van der Waals surface area contributed by atoms with Crippen molar-refractivity contribution in [3.8, 4) is 11.4 Å². The summed E-state index contributed by atoms with van der Waals surface area (Å²) in [5.74, 6) is 0.588. The van der Waals surface area contributed by atoms with Gasteiger partial charge in [0.1, 0.15) is 5.69 Å². The first-order valence-electron chi connectivity index (χ1n) is 7.47. The van der Waals surface area contributed by atoms with Crippen LogP contribution in [0.5, 0.6) is 0 Å². The molecule has 1 N–H and O–H groups in total. The largest absolute Gasteiger partial charge is 0.309 e. The van der Waals surface area contributed by atoms with Crippen molar-refractivity contribution in [3.05, 3.63) is 36.5 Å². The van der Waals surface area contributed by atoms with Gasteiger partial charge in [-0.15, -0.1) is 10.2 Å². The molecule has 0 radical (unpaired) electrons. The first-order chi connectivity index (χ1) is 10.7. The van der Waals surface area contributed by atoms with Gasteiger partial charge in [-0.25, -0.2) is 0 Å². The van der Waals surface area contributed by atoms with Crippen LogP contribution in [0.2, 0.25) is 0 Å².